The van der Waals surface area contributed by atoms with E-state index in [2.05, 4.69) is 98.7 Å². The maximum Gasteiger partial charge on any atom is 0.0393 e. The molecule has 1 heteroatoms. The van der Waals surface area contributed by atoms with Crippen LogP contribution >= 0.6 is 0 Å². The molecule has 142 valence electrons. The first kappa shape index (κ1) is 17.6. The molecular weight excluding hydrogens is 338 g/mol. The average molecular weight is 368 g/mol. The van der Waals surface area contributed by atoms with E-state index < -0.39 is 0 Å². The highest BCUT2D eigenvalue weighted by Gasteiger charge is 2.50. The number of nitrogens with zero attached hydrogens (tertiary/aromatic N) is 1. The molecule has 3 aromatic carbocycles. The van der Waals surface area contributed by atoms with E-state index in [1.807, 2.05) is 0 Å². The van der Waals surface area contributed by atoms with Gasteiger partial charge in [0, 0.05) is 25.2 Å². The van der Waals surface area contributed by atoms with Crippen molar-refractivity contribution >= 4 is 5.69 Å². The fourth-order valence-electron chi connectivity index (χ4n) is 5.98. The summed E-state index contributed by atoms with van der Waals surface area (Å²) in [6.07, 6.45) is 3.68. The summed E-state index contributed by atoms with van der Waals surface area (Å²) in [7, 11) is 4.31. The molecule has 3 aromatic rings. The third kappa shape index (κ3) is 2.53. The Morgan fingerprint density at radius 1 is 0.786 bits per heavy atom. The first-order valence-electron chi connectivity index (χ1n) is 10.5. The molecule has 1 nitrogen and oxygen atoms in total. The summed E-state index contributed by atoms with van der Waals surface area (Å²) in [4.78, 5) is 2.25. The Balaban J connectivity index is 1.55. The third-order valence-electron chi connectivity index (χ3n) is 7.22. The Morgan fingerprint density at radius 2 is 1.36 bits per heavy atom. The minimum absolute atomic E-state index is 0.199. The molecule has 2 atom stereocenters. The number of hydrogen-bond acceptors (Lipinski definition) is 1. The minimum Gasteiger partial charge on any atom is -0.377 e. The second-order valence-electron chi connectivity index (χ2n) is 9.05. The van der Waals surface area contributed by atoms with Crippen molar-refractivity contribution in [3.63, 3.8) is 0 Å². The average Bonchev–Trinajstić information content (AvgIpc) is 3.18. The molecule has 0 aromatic heterocycles. The van der Waals surface area contributed by atoms with Crippen molar-refractivity contribution in [2.75, 3.05) is 19.0 Å². The molecule has 0 aliphatic heterocycles. The SMILES string of the molecule is C[C@@H]1CC2(C[C@H]1Cc1ccccc1N(C)C)c1ccccc1-c1ccccc12. The van der Waals surface area contributed by atoms with E-state index in [4.69, 9.17) is 0 Å². The van der Waals surface area contributed by atoms with Crippen LogP contribution in [0.25, 0.3) is 11.1 Å². The van der Waals surface area contributed by atoms with E-state index in [1.54, 1.807) is 11.1 Å². The highest BCUT2D eigenvalue weighted by molar-refractivity contribution is 5.81. The van der Waals surface area contributed by atoms with Crippen LogP contribution in [0.1, 0.15) is 36.5 Å². The predicted octanol–water partition coefficient (Wildman–Crippen LogP) is 6.31. The smallest absolute Gasteiger partial charge is 0.0393 e. The topological polar surface area (TPSA) is 3.24 Å². The highest BCUT2D eigenvalue weighted by Crippen LogP contribution is 2.60. The molecule has 5 rings (SSSR count). The van der Waals surface area contributed by atoms with Gasteiger partial charge in [0.25, 0.3) is 0 Å². The molecule has 0 saturated heterocycles. The van der Waals surface area contributed by atoms with Crippen LogP contribution in [-0.4, -0.2) is 14.1 Å². The number of benzene rings is 3. The highest BCUT2D eigenvalue weighted by atomic mass is 15.1. The van der Waals surface area contributed by atoms with Gasteiger partial charge in [-0.05, 0) is 65.0 Å². The molecule has 0 N–H and O–H groups in total. The lowest BCUT2D eigenvalue weighted by atomic mass is 9.75. The van der Waals surface area contributed by atoms with Crippen molar-refractivity contribution in [3.8, 4) is 11.1 Å². The van der Waals surface area contributed by atoms with Gasteiger partial charge in [-0.1, -0.05) is 73.7 Å². The van der Waals surface area contributed by atoms with Gasteiger partial charge in [-0.3, -0.25) is 0 Å². The maximum absolute atomic E-state index is 2.47. The van der Waals surface area contributed by atoms with Crippen molar-refractivity contribution < 1.29 is 0 Å². The lowest BCUT2D eigenvalue weighted by Crippen LogP contribution is -2.22. The number of rotatable bonds is 3. The molecule has 0 radical (unpaired) electrons. The number of para-hydroxylation sites is 1. The van der Waals surface area contributed by atoms with Gasteiger partial charge in [0.05, 0.1) is 0 Å². The zero-order chi connectivity index (χ0) is 19.3. The van der Waals surface area contributed by atoms with Gasteiger partial charge in [-0.15, -0.1) is 0 Å². The molecule has 2 aliphatic rings. The first-order chi connectivity index (χ1) is 13.6. The van der Waals surface area contributed by atoms with Crippen molar-refractivity contribution in [2.24, 2.45) is 11.8 Å². The fraction of sp³-hybridized carbons (Fsp3) is 0.333. The normalized spacial score (nSPS) is 21.5. The molecule has 2 aliphatic carbocycles. The zero-order valence-electron chi connectivity index (χ0n) is 17.2. The fourth-order valence-corrected chi connectivity index (χ4v) is 5.98. The van der Waals surface area contributed by atoms with E-state index in [0.29, 0.717) is 5.92 Å². The van der Waals surface area contributed by atoms with E-state index in [9.17, 15) is 0 Å². The monoisotopic (exact) mass is 367 g/mol. The predicted molar refractivity (Wildman–Crippen MR) is 119 cm³/mol. The van der Waals surface area contributed by atoms with Crippen LogP contribution in [0.3, 0.4) is 0 Å². The van der Waals surface area contributed by atoms with Gasteiger partial charge in [0.2, 0.25) is 0 Å². The van der Waals surface area contributed by atoms with Crippen LogP contribution < -0.4 is 4.90 Å². The Hall–Kier alpha value is -2.54. The van der Waals surface area contributed by atoms with E-state index in [1.165, 1.54) is 41.6 Å². The Kier molecular flexibility index (Phi) is 4.08. The van der Waals surface area contributed by atoms with Gasteiger partial charge in [0.15, 0.2) is 0 Å². The van der Waals surface area contributed by atoms with Crippen LogP contribution in [-0.2, 0) is 11.8 Å². The molecule has 0 unspecified atom stereocenters. The minimum atomic E-state index is 0.199. The van der Waals surface area contributed by atoms with Gasteiger partial charge in [-0.25, -0.2) is 0 Å². The quantitative estimate of drug-likeness (QED) is 0.524. The Labute approximate surface area is 169 Å². The molecular formula is C27H29N. The summed E-state index contributed by atoms with van der Waals surface area (Å²) in [5, 5.41) is 0. The summed E-state index contributed by atoms with van der Waals surface area (Å²) in [5.74, 6) is 1.43. The number of hydrogen-bond donors (Lipinski definition) is 0. The standard InChI is InChI=1S/C27H29N/c1-19-17-27(18-21(19)16-20-10-4-9-15-26(20)28(2)3)24-13-7-5-11-22(24)23-12-6-8-14-25(23)27/h4-15,19,21H,16-18H2,1-3H3/t19-,21-/m1/s1. The number of fused-ring (bicyclic) bond motifs is 5. The van der Waals surface area contributed by atoms with Gasteiger partial charge >= 0.3 is 0 Å². The largest absolute Gasteiger partial charge is 0.377 e. The molecule has 1 saturated carbocycles. The van der Waals surface area contributed by atoms with Crippen LogP contribution in [0, 0.1) is 11.8 Å². The Bertz CT molecular complexity index is 971. The Morgan fingerprint density at radius 3 is 2.00 bits per heavy atom. The first-order valence-corrected chi connectivity index (χ1v) is 10.5. The summed E-state index contributed by atoms with van der Waals surface area (Å²) < 4.78 is 0. The van der Waals surface area contributed by atoms with E-state index >= 15 is 0 Å². The lowest BCUT2D eigenvalue weighted by Gasteiger charge is -2.27. The molecule has 0 heterocycles. The van der Waals surface area contributed by atoms with Crippen LogP contribution in [0.5, 0.6) is 0 Å². The molecule has 1 fully saturated rings. The summed E-state index contributed by atoms with van der Waals surface area (Å²) in [6.45, 7) is 2.47. The van der Waals surface area contributed by atoms with Crippen molar-refractivity contribution in [1.82, 2.24) is 0 Å². The second-order valence-corrected chi connectivity index (χ2v) is 9.05. The molecule has 0 amide bonds. The molecule has 1 spiro atoms. The number of anilines is 1. The van der Waals surface area contributed by atoms with Crippen molar-refractivity contribution in [1.29, 1.82) is 0 Å². The molecule has 0 bridgehead atoms. The maximum atomic E-state index is 2.47. The molecule has 28 heavy (non-hydrogen) atoms. The second kappa shape index (κ2) is 6.51. The third-order valence-corrected chi connectivity index (χ3v) is 7.22. The van der Waals surface area contributed by atoms with Crippen molar-refractivity contribution in [3.05, 3.63) is 89.5 Å². The van der Waals surface area contributed by atoms with E-state index in [0.717, 1.165) is 5.92 Å². The summed E-state index contributed by atoms with van der Waals surface area (Å²) in [5.41, 5.74) is 9.09. The van der Waals surface area contributed by atoms with Crippen LogP contribution in [0.2, 0.25) is 0 Å². The zero-order valence-corrected chi connectivity index (χ0v) is 17.2. The summed E-state index contributed by atoms with van der Waals surface area (Å²) in [6, 6.07) is 27.2. The van der Waals surface area contributed by atoms with Gasteiger partial charge < -0.3 is 4.90 Å². The van der Waals surface area contributed by atoms with Gasteiger partial charge in [0.1, 0.15) is 0 Å². The lowest BCUT2D eigenvalue weighted by molar-refractivity contribution is 0.416. The van der Waals surface area contributed by atoms with Crippen LogP contribution in [0.4, 0.5) is 5.69 Å². The summed E-state index contributed by atoms with van der Waals surface area (Å²) >= 11 is 0. The van der Waals surface area contributed by atoms with Gasteiger partial charge in [-0.2, -0.15) is 0 Å². The van der Waals surface area contributed by atoms with Crippen LogP contribution in [0.15, 0.2) is 72.8 Å². The van der Waals surface area contributed by atoms with E-state index in [-0.39, 0.29) is 5.41 Å². The van der Waals surface area contributed by atoms with Crippen molar-refractivity contribution in [2.45, 2.75) is 31.6 Å².